The van der Waals surface area contributed by atoms with E-state index >= 15 is 0 Å². The molecule has 3 heteroatoms. The summed E-state index contributed by atoms with van der Waals surface area (Å²) in [6.07, 6.45) is 0. The average molecular weight is 602 g/mol. The molecule has 0 N–H and O–H groups in total. The molecule has 0 aliphatic rings. The van der Waals surface area contributed by atoms with Gasteiger partial charge in [0, 0.05) is 38.7 Å². The van der Waals surface area contributed by atoms with E-state index in [2.05, 4.69) is 157 Å². The number of benzene rings is 8. The van der Waals surface area contributed by atoms with Crippen molar-refractivity contribution >= 4 is 82.5 Å². The highest BCUT2D eigenvalue weighted by Crippen LogP contribution is 2.48. The number of hydrogen-bond acceptors (Lipinski definition) is 3. The number of rotatable bonds is 4. The molecule has 0 amide bonds. The number of fused-ring (bicyclic) bond motifs is 9. The SMILES string of the molecule is c1ccc(-c2cccc(N(c3cc4oc5cc6ccccc6cc5c4c4ccccc34)c3cccc4c3oc3ccccc34)c2)cc1. The van der Waals surface area contributed by atoms with Gasteiger partial charge in [-0.05, 0) is 63.7 Å². The monoisotopic (exact) mass is 601 g/mol. The first-order valence-corrected chi connectivity index (χ1v) is 15.9. The van der Waals surface area contributed by atoms with Gasteiger partial charge in [0.1, 0.15) is 16.7 Å². The van der Waals surface area contributed by atoms with E-state index in [4.69, 9.17) is 8.83 Å². The molecule has 0 saturated carbocycles. The number of hydrogen-bond donors (Lipinski definition) is 0. The minimum absolute atomic E-state index is 0.846. The summed E-state index contributed by atoms with van der Waals surface area (Å²) in [7, 11) is 0. The molecule has 0 aliphatic heterocycles. The van der Waals surface area contributed by atoms with Crippen LogP contribution in [0, 0.1) is 0 Å². The molecule has 0 unspecified atom stereocenters. The molecule has 3 nitrogen and oxygen atoms in total. The van der Waals surface area contributed by atoms with Gasteiger partial charge in [-0.25, -0.2) is 0 Å². The Morgan fingerprint density at radius 1 is 0.362 bits per heavy atom. The quantitative estimate of drug-likeness (QED) is 0.201. The molecule has 0 bridgehead atoms. The van der Waals surface area contributed by atoms with Crippen molar-refractivity contribution in [1.82, 2.24) is 0 Å². The Bertz CT molecular complexity index is 2810. The Labute approximate surface area is 270 Å². The molecule has 0 fully saturated rings. The third kappa shape index (κ3) is 4.00. The molecule has 2 heterocycles. The molecule has 0 radical (unpaired) electrons. The van der Waals surface area contributed by atoms with Crippen molar-refractivity contribution in [2.45, 2.75) is 0 Å². The molecule has 0 atom stereocenters. The second-order valence-corrected chi connectivity index (χ2v) is 12.1. The molecule has 2 aromatic heterocycles. The van der Waals surface area contributed by atoms with Crippen LogP contribution in [0.25, 0.3) is 76.5 Å². The van der Waals surface area contributed by atoms with Crippen molar-refractivity contribution in [3.05, 3.63) is 164 Å². The molecule has 0 spiro atoms. The van der Waals surface area contributed by atoms with Crippen molar-refractivity contribution in [3.63, 3.8) is 0 Å². The van der Waals surface area contributed by atoms with Crippen molar-refractivity contribution in [3.8, 4) is 11.1 Å². The van der Waals surface area contributed by atoms with Crippen LogP contribution < -0.4 is 4.90 Å². The third-order valence-corrected chi connectivity index (χ3v) is 9.40. The Kier molecular flexibility index (Phi) is 5.57. The fourth-order valence-corrected chi connectivity index (χ4v) is 7.26. The fraction of sp³-hybridized carbons (Fsp3) is 0. The molecule has 10 aromatic rings. The van der Waals surface area contributed by atoms with Gasteiger partial charge in [0.25, 0.3) is 0 Å². The van der Waals surface area contributed by atoms with E-state index in [-0.39, 0.29) is 0 Å². The van der Waals surface area contributed by atoms with Gasteiger partial charge in [-0.2, -0.15) is 0 Å². The predicted octanol–water partition coefficient (Wildman–Crippen LogP) is 12.9. The van der Waals surface area contributed by atoms with E-state index in [9.17, 15) is 0 Å². The summed E-state index contributed by atoms with van der Waals surface area (Å²) in [5, 5.41) is 9.09. The highest BCUT2D eigenvalue weighted by atomic mass is 16.3. The van der Waals surface area contributed by atoms with Crippen molar-refractivity contribution in [1.29, 1.82) is 0 Å². The topological polar surface area (TPSA) is 29.5 Å². The maximum atomic E-state index is 6.71. The molecular formula is C44H27NO2. The van der Waals surface area contributed by atoms with Gasteiger partial charge < -0.3 is 13.7 Å². The van der Waals surface area contributed by atoms with Crippen LogP contribution in [-0.4, -0.2) is 0 Å². The Morgan fingerprint density at radius 2 is 1.04 bits per heavy atom. The maximum Gasteiger partial charge on any atom is 0.159 e. The van der Waals surface area contributed by atoms with Crippen LogP contribution in [0.2, 0.25) is 0 Å². The van der Waals surface area contributed by atoms with Crippen molar-refractivity contribution in [2.24, 2.45) is 0 Å². The van der Waals surface area contributed by atoms with E-state index in [1.807, 2.05) is 12.1 Å². The summed E-state index contributed by atoms with van der Waals surface area (Å²) < 4.78 is 13.4. The first-order valence-electron chi connectivity index (χ1n) is 15.9. The average Bonchev–Trinajstić information content (AvgIpc) is 3.69. The van der Waals surface area contributed by atoms with Gasteiger partial charge in [0.05, 0.1) is 11.4 Å². The predicted molar refractivity (Wildman–Crippen MR) is 196 cm³/mol. The van der Waals surface area contributed by atoms with E-state index in [1.54, 1.807) is 0 Å². The smallest absolute Gasteiger partial charge is 0.159 e. The normalized spacial score (nSPS) is 11.8. The van der Waals surface area contributed by atoms with Gasteiger partial charge >= 0.3 is 0 Å². The lowest BCUT2D eigenvalue weighted by Gasteiger charge is -2.27. The lowest BCUT2D eigenvalue weighted by atomic mass is 9.99. The second-order valence-electron chi connectivity index (χ2n) is 12.1. The van der Waals surface area contributed by atoms with Crippen molar-refractivity contribution in [2.75, 3.05) is 4.90 Å². The molecule has 10 rings (SSSR count). The van der Waals surface area contributed by atoms with Crippen LogP contribution >= 0.6 is 0 Å². The van der Waals surface area contributed by atoms with Crippen LogP contribution in [0.5, 0.6) is 0 Å². The summed E-state index contributed by atoms with van der Waals surface area (Å²) in [6, 6.07) is 57.8. The third-order valence-electron chi connectivity index (χ3n) is 9.40. The summed E-state index contributed by atoms with van der Waals surface area (Å²) in [6.45, 7) is 0. The minimum atomic E-state index is 0.846. The molecule has 0 aliphatic carbocycles. The van der Waals surface area contributed by atoms with Gasteiger partial charge in [-0.1, -0.05) is 121 Å². The zero-order valence-corrected chi connectivity index (χ0v) is 25.4. The van der Waals surface area contributed by atoms with Gasteiger partial charge in [-0.3, -0.25) is 0 Å². The molecule has 0 saturated heterocycles. The van der Waals surface area contributed by atoms with Crippen LogP contribution in [0.3, 0.4) is 0 Å². The maximum absolute atomic E-state index is 6.71. The van der Waals surface area contributed by atoms with Crippen LogP contribution in [-0.2, 0) is 0 Å². The molecule has 47 heavy (non-hydrogen) atoms. The number of nitrogens with zero attached hydrogens (tertiary/aromatic N) is 1. The number of furan rings is 2. The summed E-state index contributed by atoms with van der Waals surface area (Å²) >= 11 is 0. The number of anilines is 3. The zero-order valence-electron chi connectivity index (χ0n) is 25.4. The standard InChI is InChI=1S/C44H27NO2/c1-2-12-28(13-3-1)29-16-10-17-32(24-29)45(38-22-11-21-36-34-19-8-9-23-40(34)47-44(36)38)39-27-42-43(35-20-7-6-18-33(35)39)37-25-30-14-4-5-15-31(30)26-41(37)46-42/h1-27H. The minimum Gasteiger partial charge on any atom is -0.456 e. The van der Waals surface area contributed by atoms with Crippen LogP contribution in [0.1, 0.15) is 0 Å². The summed E-state index contributed by atoms with van der Waals surface area (Å²) in [4.78, 5) is 2.34. The molecular weight excluding hydrogens is 574 g/mol. The van der Waals surface area contributed by atoms with E-state index in [1.165, 1.54) is 16.3 Å². The highest BCUT2D eigenvalue weighted by molar-refractivity contribution is 6.24. The van der Waals surface area contributed by atoms with Gasteiger partial charge in [0.2, 0.25) is 0 Å². The summed E-state index contributed by atoms with van der Waals surface area (Å²) in [5.74, 6) is 0. The Hall–Kier alpha value is -6.32. The van der Waals surface area contributed by atoms with E-state index < -0.39 is 0 Å². The van der Waals surface area contributed by atoms with Gasteiger partial charge in [0.15, 0.2) is 5.58 Å². The summed E-state index contributed by atoms with van der Waals surface area (Å²) in [5.41, 5.74) is 8.79. The highest BCUT2D eigenvalue weighted by Gasteiger charge is 2.24. The Morgan fingerprint density at radius 3 is 1.91 bits per heavy atom. The van der Waals surface area contributed by atoms with Crippen molar-refractivity contribution < 1.29 is 8.83 Å². The first-order chi connectivity index (χ1) is 23.3. The van der Waals surface area contributed by atoms with Gasteiger partial charge in [-0.15, -0.1) is 0 Å². The first kappa shape index (κ1) is 26.0. The molecule has 8 aromatic carbocycles. The van der Waals surface area contributed by atoms with E-state index in [0.717, 1.165) is 77.3 Å². The second kappa shape index (κ2) is 10.1. The van der Waals surface area contributed by atoms with Crippen LogP contribution in [0.15, 0.2) is 173 Å². The largest absolute Gasteiger partial charge is 0.456 e. The number of para-hydroxylation sites is 2. The zero-order chi connectivity index (χ0) is 30.9. The lowest BCUT2D eigenvalue weighted by molar-refractivity contribution is 0.668. The van der Waals surface area contributed by atoms with Crippen LogP contribution in [0.4, 0.5) is 17.1 Å². The lowest BCUT2D eigenvalue weighted by Crippen LogP contribution is -2.11. The fourth-order valence-electron chi connectivity index (χ4n) is 7.26. The molecule has 220 valence electrons. The van der Waals surface area contributed by atoms with E-state index in [0.29, 0.717) is 0 Å². The Balaban J connectivity index is 1.31.